The Labute approximate surface area is 166 Å². The Bertz CT molecular complexity index is 828. The van der Waals surface area contributed by atoms with Crippen LogP contribution in [0.15, 0.2) is 73.8 Å². The first-order valence-electron chi connectivity index (χ1n) is 9.49. The summed E-state index contributed by atoms with van der Waals surface area (Å²) >= 11 is 0. The molecule has 1 aliphatic rings. The SMILES string of the molecule is C=CCCC(=O)[C@@](C=C)(CCOCc1ccccc1)c1ccc2c(c1)OCO2. The maximum Gasteiger partial charge on any atom is 0.231 e. The molecule has 0 spiro atoms. The Morgan fingerprint density at radius 3 is 2.64 bits per heavy atom. The molecule has 0 N–H and O–H groups in total. The number of fused-ring (bicyclic) bond motifs is 1. The predicted molar refractivity (Wildman–Crippen MR) is 110 cm³/mol. The van der Waals surface area contributed by atoms with E-state index in [-0.39, 0.29) is 12.6 Å². The predicted octanol–water partition coefficient (Wildman–Crippen LogP) is 4.98. The van der Waals surface area contributed by atoms with E-state index < -0.39 is 5.41 Å². The molecule has 0 fully saturated rings. The molecule has 2 aromatic rings. The molecule has 0 saturated carbocycles. The second-order valence-corrected chi connectivity index (χ2v) is 6.78. The van der Waals surface area contributed by atoms with E-state index in [9.17, 15) is 4.79 Å². The highest BCUT2D eigenvalue weighted by molar-refractivity contribution is 5.92. The zero-order valence-corrected chi connectivity index (χ0v) is 16.1. The van der Waals surface area contributed by atoms with Crippen LogP contribution < -0.4 is 9.47 Å². The first kappa shape index (κ1) is 19.9. The van der Waals surface area contributed by atoms with E-state index in [4.69, 9.17) is 14.2 Å². The molecule has 2 aromatic carbocycles. The molecule has 0 aliphatic carbocycles. The van der Waals surface area contributed by atoms with Gasteiger partial charge in [-0.05, 0) is 36.1 Å². The lowest BCUT2D eigenvalue weighted by Gasteiger charge is -2.30. The highest BCUT2D eigenvalue weighted by Crippen LogP contribution is 2.39. The molecule has 0 saturated heterocycles. The summed E-state index contributed by atoms with van der Waals surface area (Å²) in [6, 6.07) is 15.6. The molecule has 146 valence electrons. The minimum atomic E-state index is -0.833. The van der Waals surface area contributed by atoms with Gasteiger partial charge in [0.15, 0.2) is 11.5 Å². The summed E-state index contributed by atoms with van der Waals surface area (Å²) in [5.41, 5.74) is 1.12. The van der Waals surface area contributed by atoms with Crippen molar-refractivity contribution in [2.24, 2.45) is 0 Å². The molecule has 4 nitrogen and oxygen atoms in total. The molecular weight excluding hydrogens is 352 g/mol. The molecule has 1 heterocycles. The van der Waals surface area contributed by atoms with E-state index in [1.165, 1.54) is 0 Å². The lowest BCUT2D eigenvalue weighted by Crippen LogP contribution is -2.35. The molecule has 0 aromatic heterocycles. The topological polar surface area (TPSA) is 44.8 Å². The third kappa shape index (κ3) is 4.34. The van der Waals surface area contributed by atoms with Gasteiger partial charge in [0.1, 0.15) is 5.78 Å². The Morgan fingerprint density at radius 1 is 1.11 bits per heavy atom. The van der Waals surface area contributed by atoms with Gasteiger partial charge in [-0.15, -0.1) is 13.2 Å². The summed E-state index contributed by atoms with van der Waals surface area (Å²) in [4.78, 5) is 13.2. The highest BCUT2D eigenvalue weighted by atomic mass is 16.7. The van der Waals surface area contributed by atoms with Gasteiger partial charge in [0.05, 0.1) is 12.0 Å². The normalized spacial score (nSPS) is 14.3. The second kappa shape index (κ2) is 9.38. The zero-order valence-electron chi connectivity index (χ0n) is 16.1. The molecule has 1 atom stereocenters. The largest absolute Gasteiger partial charge is 0.454 e. The number of rotatable bonds is 11. The smallest absolute Gasteiger partial charge is 0.231 e. The maximum atomic E-state index is 13.2. The van der Waals surface area contributed by atoms with Gasteiger partial charge in [0.2, 0.25) is 6.79 Å². The molecule has 28 heavy (non-hydrogen) atoms. The number of Topliss-reactive ketones (excluding diaryl/α,β-unsaturated/α-hetero) is 1. The zero-order chi connectivity index (χ0) is 19.8. The van der Waals surface area contributed by atoms with Crippen molar-refractivity contribution in [3.8, 4) is 11.5 Å². The molecule has 0 radical (unpaired) electrons. The monoisotopic (exact) mass is 378 g/mol. The first-order valence-corrected chi connectivity index (χ1v) is 9.49. The summed E-state index contributed by atoms with van der Waals surface area (Å²) < 4.78 is 16.8. The summed E-state index contributed by atoms with van der Waals surface area (Å²) in [7, 11) is 0. The average molecular weight is 378 g/mol. The van der Waals surface area contributed by atoms with Gasteiger partial charge in [-0.1, -0.05) is 48.6 Å². The highest BCUT2D eigenvalue weighted by Gasteiger charge is 2.37. The number of hydrogen-bond donors (Lipinski definition) is 0. The van der Waals surface area contributed by atoms with Crippen LogP contribution in [-0.2, 0) is 21.6 Å². The third-order valence-electron chi connectivity index (χ3n) is 5.06. The Morgan fingerprint density at radius 2 is 1.89 bits per heavy atom. The number of hydrogen-bond acceptors (Lipinski definition) is 4. The standard InChI is InChI=1S/C24H26O4/c1-3-5-11-23(25)24(4-2,14-15-26-17-19-9-7-6-8-10-19)20-12-13-21-22(16-20)28-18-27-21/h3-4,6-10,12-13,16H,1-2,5,11,14-15,17-18H2/t24-/m0/s1. The Kier molecular flexibility index (Phi) is 6.66. The fourth-order valence-corrected chi connectivity index (χ4v) is 3.41. The fourth-order valence-electron chi connectivity index (χ4n) is 3.41. The van der Waals surface area contributed by atoms with E-state index in [1.807, 2.05) is 48.5 Å². The fraction of sp³-hybridized carbons (Fsp3) is 0.292. The second-order valence-electron chi connectivity index (χ2n) is 6.78. The number of carbonyl (C=O) groups is 1. The molecule has 1 aliphatic heterocycles. The van der Waals surface area contributed by atoms with Gasteiger partial charge in [0.25, 0.3) is 0 Å². The van der Waals surface area contributed by atoms with Gasteiger partial charge >= 0.3 is 0 Å². The van der Waals surface area contributed by atoms with E-state index in [0.717, 1.165) is 11.1 Å². The number of benzene rings is 2. The van der Waals surface area contributed by atoms with Crippen molar-refractivity contribution in [1.29, 1.82) is 0 Å². The lowest BCUT2D eigenvalue weighted by molar-refractivity contribution is -0.123. The molecule has 0 unspecified atom stereocenters. The molecule has 4 heteroatoms. The van der Waals surface area contributed by atoms with Crippen LogP contribution in [0.5, 0.6) is 11.5 Å². The Balaban J connectivity index is 1.78. The van der Waals surface area contributed by atoms with Crippen molar-refractivity contribution >= 4 is 5.78 Å². The van der Waals surface area contributed by atoms with Crippen LogP contribution in [0.1, 0.15) is 30.4 Å². The van der Waals surface area contributed by atoms with Crippen molar-refractivity contribution in [3.05, 3.63) is 85.0 Å². The van der Waals surface area contributed by atoms with E-state index >= 15 is 0 Å². The van der Waals surface area contributed by atoms with Crippen molar-refractivity contribution in [1.82, 2.24) is 0 Å². The van der Waals surface area contributed by atoms with Crippen LogP contribution in [0.2, 0.25) is 0 Å². The lowest BCUT2D eigenvalue weighted by atomic mass is 9.73. The van der Waals surface area contributed by atoms with Gasteiger partial charge in [0, 0.05) is 13.0 Å². The van der Waals surface area contributed by atoms with Crippen LogP contribution in [0.3, 0.4) is 0 Å². The number of allylic oxidation sites excluding steroid dienone is 2. The summed E-state index contributed by atoms with van der Waals surface area (Å²) in [5.74, 6) is 1.45. The van der Waals surface area contributed by atoms with Crippen LogP contribution in [-0.4, -0.2) is 19.2 Å². The first-order chi connectivity index (χ1) is 13.7. The Hall–Kier alpha value is -2.85. The van der Waals surface area contributed by atoms with Crippen molar-refractivity contribution < 1.29 is 19.0 Å². The maximum absolute atomic E-state index is 13.2. The van der Waals surface area contributed by atoms with Gasteiger partial charge < -0.3 is 14.2 Å². The molecular formula is C24H26O4. The van der Waals surface area contributed by atoms with E-state index in [2.05, 4.69) is 13.2 Å². The minimum Gasteiger partial charge on any atom is -0.454 e. The van der Waals surface area contributed by atoms with Gasteiger partial charge in [-0.25, -0.2) is 0 Å². The van der Waals surface area contributed by atoms with Crippen LogP contribution in [0, 0.1) is 0 Å². The number of ketones is 1. The van der Waals surface area contributed by atoms with Crippen LogP contribution in [0.4, 0.5) is 0 Å². The van der Waals surface area contributed by atoms with Crippen LogP contribution in [0.25, 0.3) is 0 Å². The summed E-state index contributed by atoms with van der Waals surface area (Å²) in [6.45, 7) is 8.87. The summed E-state index contributed by atoms with van der Waals surface area (Å²) in [6.07, 6.45) is 5.05. The van der Waals surface area contributed by atoms with Crippen LogP contribution >= 0.6 is 0 Å². The van der Waals surface area contributed by atoms with Gasteiger partial charge in [-0.3, -0.25) is 4.79 Å². The van der Waals surface area contributed by atoms with Crippen molar-refractivity contribution in [2.75, 3.05) is 13.4 Å². The van der Waals surface area contributed by atoms with Crippen molar-refractivity contribution in [3.63, 3.8) is 0 Å². The van der Waals surface area contributed by atoms with Gasteiger partial charge in [-0.2, -0.15) is 0 Å². The van der Waals surface area contributed by atoms with Crippen molar-refractivity contribution in [2.45, 2.75) is 31.3 Å². The molecule has 3 rings (SSSR count). The van der Waals surface area contributed by atoms with E-state index in [1.54, 1.807) is 12.2 Å². The molecule has 0 bridgehead atoms. The third-order valence-corrected chi connectivity index (χ3v) is 5.06. The average Bonchev–Trinajstić information content (AvgIpc) is 3.21. The minimum absolute atomic E-state index is 0.101. The number of ether oxygens (including phenoxy) is 3. The van der Waals surface area contributed by atoms with E-state index in [0.29, 0.717) is 44.0 Å². The quantitative estimate of drug-likeness (QED) is 0.409. The number of carbonyl (C=O) groups excluding carboxylic acids is 1. The summed E-state index contributed by atoms with van der Waals surface area (Å²) in [5, 5.41) is 0. The molecule has 0 amide bonds.